The van der Waals surface area contributed by atoms with Crippen LogP contribution in [-0.2, 0) is 10.2 Å². The number of benzene rings is 1. The van der Waals surface area contributed by atoms with Crippen molar-refractivity contribution in [1.29, 1.82) is 0 Å². The Morgan fingerprint density at radius 1 is 1.33 bits per heavy atom. The first-order valence-corrected chi connectivity index (χ1v) is 5.63. The maximum atomic E-state index is 11.3. The van der Waals surface area contributed by atoms with Crippen molar-refractivity contribution in [2.75, 3.05) is 7.11 Å². The molecule has 1 aromatic heterocycles. The largest absolute Gasteiger partial charge is 0.497 e. The summed E-state index contributed by atoms with van der Waals surface area (Å²) >= 11 is 0. The van der Waals surface area contributed by atoms with E-state index < -0.39 is 11.4 Å². The normalized spacial score (nSPS) is 11.5. The van der Waals surface area contributed by atoms with E-state index in [1.807, 2.05) is 24.3 Å². The number of hydrogen-bond acceptors (Lipinski definition) is 3. The quantitative estimate of drug-likeness (QED) is 0.903. The van der Waals surface area contributed by atoms with Gasteiger partial charge in [-0.05, 0) is 43.5 Å². The van der Waals surface area contributed by atoms with Gasteiger partial charge in [0, 0.05) is 11.6 Å². The average molecular weight is 245 g/mol. The van der Waals surface area contributed by atoms with Gasteiger partial charge in [0.2, 0.25) is 0 Å². The van der Waals surface area contributed by atoms with Crippen LogP contribution in [0.4, 0.5) is 0 Å². The lowest BCUT2D eigenvalue weighted by molar-refractivity contribution is -0.142. The molecule has 2 rings (SSSR count). The Kier molecular flexibility index (Phi) is 2.95. The first-order chi connectivity index (χ1) is 8.46. The Balaban J connectivity index is 2.70. The number of carboxylic acids is 1. The minimum absolute atomic E-state index is 0.565. The van der Waals surface area contributed by atoms with Crippen LogP contribution in [0.2, 0.25) is 0 Å². The molecule has 0 atom stereocenters. The number of aromatic nitrogens is 1. The van der Waals surface area contributed by atoms with Gasteiger partial charge < -0.3 is 9.84 Å². The molecule has 0 amide bonds. The number of nitrogens with zero attached hydrogens (tertiary/aromatic N) is 1. The molecule has 1 N–H and O–H groups in total. The van der Waals surface area contributed by atoms with Gasteiger partial charge in [-0.1, -0.05) is 0 Å². The van der Waals surface area contributed by atoms with Gasteiger partial charge in [-0.2, -0.15) is 0 Å². The Labute approximate surface area is 105 Å². The Hall–Kier alpha value is -2.10. The third-order valence-corrected chi connectivity index (χ3v) is 3.10. The van der Waals surface area contributed by atoms with E-state index in [1.165, 1.54) is 0 Å². The van der Waals surface area contributed by atoms with Crippen LogP contribution in [0.1, 0.15) is 19.5 Å². The van der Waals surface area contributed by atoms with Crippen LogP contribution in [0.3, 0.4) is 0 Å². The van der Waals surface area contributed by atoms with Gasteiger partial charge in [-0.15, -0.1) is 0 Å². The summed E-state index contributed by atoms with van der Waals surface area (Å²) in [6.07, 6.45) is 1.63. The van der Waals surface area contributed by atoms with Crippen molar-refractivity contribution in [3.63, 3.8) is 0 Å². The highest BCUT2D eigenvalue weighted by atomic mass is 16.5. The molecule has 4 nitrogen and oxygen atoms in total. The smallest absolute Gasteiger partial charge is 0.315 e. The number of carbonyl (C=O) groups is 1. The standard InChI is InChI=1S/C14H15NO3/c1-14(2,13(16)17)12-11-5-4-10(18-3)8-9(11)6-7-15-12/h4-8H,1-3H3,(H,16,17). The molecular weight excluding hydrogens is 230 g/mol. The fraction of sp³-hybridized carbons (Fsp3) is 0.286. The maximum Gasteiger partial charge on any atom is 0.315 e. The molecule has 0 aliphatic rings. The fourth-order valence-electron chi connectivity index (χ4n) is 1.88. The number of methoxy groups -OCH3 is 1. The second-order valence-electron chi connectivity index (χ2n) is 4.68. The van der Waals surface area contributed by atoms with Crippen LogP contribution in [0.5, 0.6) is 5.75 Å². The number of rotatable bonds is 3. The number of carboxylic acid groups (broad SMARTS) is 1. The predicted octanol–water partition coefficient (Wildman–Crippen LogP) is 2.61. The zero-order chi connectivity index (χ0) is 13.3. The highest BCUT2D eigenvalue weighted by Crippen LogP contribution is 2.30. The van der Waals surface area contributed by atoms with E-state index >= 15 is 0 Å². The molecule has 4 heteroatoms. The summed E-state index contributed by atoms with van der Waals surface area (Å²) < 4.78 is 5.16. The number of ether oxygens (including phenoxy) is 1. The molecule has 0 bridgehead atoms. The molecule has 0 saturated heterocycles. The van der Waals surface area contributed by atoms with Crippen molar-refractivity contribution in [1.82, 2.24) is 4.98 Å². The van der Waals surface area contributed by atoms with Crippen molar-refractivity contribution < 1.29 is 14.6 Å². The maximum absolute atomic E-state index is 11.3. The van der Waals surface area contributed by atoms with E-state index in [-0.39, 0.29) is 0 Å². The molecule has 0 radical (unpaired) electrons. The summed E-state index contributed by atoms with van der Waals surface area (Å²) in [6.45, 7) is 3.31. The fourth-order valence-corrected chi connectivity index (χ4v) is 1.88. The van der Waals surface area contributed by atoms with Gasteiger partial charge in [-0.3, -0.25) is 9.78 Å². The zero-order valence-corrected chi connectivity index (χ0v) is 10.6. The lowest BCUT2D eigenvalue weighted by atomic mass is 9.86. The topological polar surface area (TPSA) is 59.4 Å². The average Bonchev–Trinajstić information content (AvgIpc) is 2.37. The highest BCUT2D eigenvalue weighted by Gasteiger charge is 2.32. The molecule has 2 aromatic rings. The number of aliphatic carboxylic acids is 1. The lowest BCUT2D eigenvalue weighted by Crippen LogP contribution is -2.29. The summed E-state index contributed by atoms with van der Waals surface area (Å²) in [6, 6.07) is 7.38. The molecule has 18 heavy (non-hydrogen) atoms. The van der Waals surface area contributed by atoms with Gasteiger partial charge in [0.25, 0.3) is 0 Å². The summed E-state index contributed by atoms with van der Waals surface area (Å²) in [5.41, 5.74) is -0.455. The van der Waals surface area contributed by atoms with Gasteiger partial charge in [-0.25, -0.2) is 0 Å². The number of fused-ring (bicyclic) bond motifs is 1. The van der Waals surface area contributed by atoms with Crippen LogP contribution in [0, 0.1) is 0 Å². The SMILES string of the molecule is COc1ccc2c(C(C)(C)C(=O)O)nccc2c1. The predicted molar refractivity (Wildman–Crippen MR) is 69.0 cm³/mol. The van der Waals surface area contributed by atoms with E-state index in [4.69, 9.17) is 4.74 Å². The van der Waals surface area contributed by atoms with Crippen molar-refractivity contribution in [3.05, 3.63) is 36.2 Å². The van der Waals surface area contributed by atoms with Crippen molar-refractivity contribution in [2.45, 2.75) is 19.3 Å². The van der Waals surface area contributed by atoms with Crippen LogP contribution in [0.15, 0.2) is 30.5 Å². The Bertz CT molecular complexity index is 605. The highest BCUT2D eigenvalue weighted by molar-refractivity contribution is 5.91. The van der Waals surface area contributed by atoms with E-state index in [0.717, 1.165) is 16.5 Å². The van der Waals surface area contributed by atoms with Crippen LogP contribution < -0.4 is 4.74 Å². The van der Waals surface area contributed by atoms with Gasteiger partial charge >= 0.3 is 5.97 Å². The van der Waals surface area contributed by atoms with Gasteiger partial charge in [0.05, 0.1) is 12.8 Å². The molecule has 94 valence electrons. The first-order valence-electron chi connectivity index (χ1n) is 5.63. The second-order valence-corrected chi connectivity index (χ2v) is 4.68. The van der Waals surface area contributed by atoms with Crippen LogP contribution in [0.25, 0.3) is 10.8 Å². The van der Waals surface area contributed by atoms with Crippen LogP contribution >= 0.6 is 0 Å². The third kappa shape index (κ3) is 1.90. The Morgan fingerprint density at radius 2 is 2.06 bits per heavy atom. The van der Waals surface area contributed by atoms with Crippen molar-refractivity contribution in [3.8, 4) is 5.75 Å². The third-order valence-electron chi connectivity index (χ3n) is 3.10. The molecule has 0 saturated carbocycles. The molecule has 0 aliphatic carbocycles. The summed E-state index contributed by atoms with van der Waals surface area (Å²) in [4.78, 5) is 15.6. The summed E-state index contributed by atoms with van der Waals surface area (Å²) in [5, 5.41) is 11.1. The summed E-state index contributed by atoms with van der Waals surface area (Å²) in [5.74, 6) is -0.147. The van der Waals surface area contributed by atoms with E-state index in [1.54, 1.807) is 27.2 Å². The Morgan fingerprint density at radius 3 is 2.67 bits per heavy atom. The molecule has 1 heterocycles. The summed E-state index contributed by atoms with van der Waals surface area (Å²) in [7, 11) is 1.60. The van der Waals surface area contributed by atoms with Gasteiger partial charge in [0.15, 0.2) is 0 Å². The zero-order valence-electron chi connectivity index (χ0n) is 10.6. The number of pyridine rings is 1. The molecular formula is C14H15NO3. The van der Waals surface area contributed by atoms with Gasteiger partial charge in [0.1, 0.15) is 11.2 Å². The van der Waals surface area contributed by atoms with Crippen molar-refractivity contribution >= 4 is 16.7 Å². The monoisotopic (exact) mass is 245 g/mol. The van der Waals surface area contributed by atoms with E-state index in [2.05, 4.69) is 4.98 Å². The molecule has 0 spiro atoms. The van der Waals surface area contributed by atoms with Crippen molar-refractivity contribution in [2.24, 2.45) is 0 Å². The molecule has 0 unspecified atom stereocenters. The second kappa shape index (κ2) is 4.29. The molecule has 0 aliphatic heterocycles. The minimum atomic E-state index is -1.02. The number of hydrogen-bond donors (Lipinski definition) is 1. The van der Waals surface area contributed by atoms with E-state index in [9.17, 15) is 9.90 Å². The first kappa shape index (κ1) is 12.4. The minimum Gasteiger partial charge on any atom is -0.497 e. The molecule has 1 aromatic carbocycles. The lowest BCUT2D eigenvalue weighted by Gasteiger charge is -2.20. The van der Waals surface area contributed by atoms with Crippen LogP contribution in [-0.4, -0.2) is 23.2 Å². The van der Waals surface area contributed by atoms with E-state index in [0.29, 0.717) is 5.69 Å². The molecule has 0 fully saturated rings.